The Kier molecular flexibility index (Phi) is 5.43. The van der Waals surface area contributed by atoms with Crippen molar-refractivity contribution in [3.63, 3.8) is 0 Å². The summed E-state index contributed by atoms with van der Waals surface area (Å²) in [4.78, 5) is 22.8. The molecule has 1 aliphatic rings. The zero-order valence-corrected chi connectivity index (χ0v) is 15.4. The molecule has 0 aliphatic carbocycles. The second kappa shape index (κ2) is 7.74. The molecule has 1 aliphatic heterocycles. The Morgan fingerprint density at radius 2 is 1.80 bits per heavy atom. The lowest BCUT2D eigenvalue weighted by Gasteiger charge is -2.21. The van der Waals surface area contributed by atoms with Crippen LogP contribution in [0.1, 0.15) is 17.0 Å². The maximum atomic E-state index is 12.4. The lowest BCUT2D eigenvalue weighted by atomic mass is 10.2. The number of aromatic nitrogens is 2. The molecule has 0 unspecified atom stereocenters. The van der Waals surface area contributed by atoms with E-state index in [4.69, 9.17) is 9.47 Å². The molecule has 0 N–H and O–H groups in total. The Balaban J connectivity index is 1.57. The molecule has 1 aromatic heterocycles. The minimum absolute atomic E-state index is 0.0302. The highest BCUT2D eigenvalue weighted by molar-refractivity contribution is 7.99. The number of hydrogen-bond acceptors (Lipinski definition) is 6. The minimum Gasteiger partial charge on any atom is -0.486 e. The number of thioether (sulfide) groups is 1. The summed E-state index contributed by atoms with van der Waals surface area (Å²) in [5.41, 5.74) is 2.83. The SMILES string of the molecule is Cc1cc(C)nc(SCC(=O)N(C)Cc2ccc3c(c2)OCCO3)n1. The minimum atomic E-state index is 0.0302. The predicted octanol–water partition coefficient (Wildman–Crippen LogP) is 2.62. The number of carbonyl (C=O) groups is 1. The Morgan fingerprint density at radius 1 is 1.12 bits per heavy atom. The molecule has 2 heterocycles. The van der Waals surface area contributed by atoms with Crippen molar-refractivity contribution in [3.05, 3.63) is 41.2 Å². The van der Waals surface area contributed by atoms with Crippen LogP contribution in [-0.2, 0) is 11.3 Å². The molecule has 0 fully saturated rings. The lowest BCUT2D eigenvalue weighted by molar-refractivity contribution is -0.127. The maximum Gasteiger partial charge on any atom is 0.233 e. The highest BCUT2D eigenvalue weighted by atomic mass is 32.2. The van der Waals surface area contributed by atoms with E-state index in [0.29, 0.717) is 30.7 Å². The maximum absolute atomic E-state index is 12.4. The smallest absolute Gasteiger partial charge is 0.233 e. The molecule has 132 valence electrons. The molecule has 0 spiro atoms. The van der Waals surface area contributed by atoms with Gasteiger partial charge in [0.2, 0.25) is 5.91 Å². The molecule has 6 nitrogen and oxygen atoms in total. The summed E-state index contributed by atoms with van der Waals surface area (Å²) in [6.45, 7) is 5.49. The van der Waals surface area contributed by atoms with Gasteiger partial charge in [-0.25, -0.2) is 9.97 Å². The third-order valence-corrected chi connectivity index (χ3v) is 4.57. The molecular weight excluding hydrogens is 338 g/mol. The molecule has 2 aromatic rings. The topological polar surface area (TPSA) is 64.6 Å². The second-order valence-electron chi connectivity index (χ2n) is 5.95. The van der Waals surface area contributed by atoms with Gasteiger partial charge in [-0.2, -0.15) is 0 Å². The van der Waals surface area contributed by atoms with E-state index in [9.17, 15) is 4.79 Å². The first-order valence-electron chi connectivity index (χ1n) is 8.09. The van der Waals surface area contributed by atoms with Crippen molar-refractivity contribution in [1.29, 1.82) is 0 Å². The molecule has 1 aromatic carbocycles. The first-order chi connectivity index (χ1) is 12.0. The summed E-state index contributed by atoms with van der Waals surface area (Å²) in [6, 6.07) is 7.69. The van der Waals surface area contributed by atoms with Crippen LogP contribution >= 0.6 is 11.8 Å². The van der Waals surface area contributed by atoms with Gasteiger partial charge in [0, 0.05) is 25.0 Å². The highest BCUT2D eigenvalue weighted by Crippen LogP contribution is 2.31. The van der Waals surface area contributed by atoms with Gasteiger partial charge in [-0.1, -0.05) is 17.8 Å². The van der Waals surface area contributed by atoms with Gasteiger partial charge < -0.3 is 14.4 Å². The van der Waals surface area contributed by atoms with E-state index in [1.54, 1.807) is 11.9 Å². The zero-order chi connectivity index (χ0) is 17.8. The van der Waals surface area contributed by atoms with Gasteiger partial charge in [-0.15, -0.1) is 0 Å². The number of fused-ring (bicyclic) bond motifs is 1. The Hall–Kier alpha value is -2.28. The van der Waals surface area contributed by atoms with Crippen molar-refractivity contribution in [2.75, 3.05) is 26.0 Å². The average Bonchev–Trinajstić information content (AvgIpc) is 2.58. The number of rotatable bonds is 5. The van der Waals surface area contributed by atoms with Gasteiger partial charge >= 0.3 is 0 Å². The fourth-order valence-electron chi connectivity index (χ4n) is 2.54. The monoisotopic (exact) mass is 359 g/mol. The van der Waals surface area contributed by atoms with Crippen molar-refractivity contribution in [1.82, 2.24) is 14.9 Å². The van der Waals surface area contributed by atoms with Crippen LogP contribution in [0.5, 0.6) is 11.5 Å². The van der Waals surface area contributed by atoms with E-state index in [1.165, 1.54) is 11.8 Å². The second-order valence-corrected chi connectivity index (χ2v) is 6.89. The van der Waals surface area contributed by atoms with Crippen LogP contribution in [0.4, 0.5) is 0 Å². The number of carbonyl (C=O) groups excluding carboxylic acids is 1. The van der Waals surface area contributed by atoms with E-state index < -0.39 is 0 Å². The molecule has 0 bridgehead atoms. The van der Waals surface area contributed by atoms with Crippen LogP contribution in [0, 0.1) is 13.8 Å². The highest BCUT2D eigenvalue weighted by Gasteiger charge is 2.15. The zero-order valence-electron chi connectivity index (χ0n) is 14.6. The van der Waals surface area contributed by atoms with Gasteiger partial charge in [0.1, 0.15) is 13.2 Å². The van der Waals surface area contributed by atoms with Crippen LogP contribution in [0.2, 0.25) is 0 Å². The fraction of sp³-hybridized carbons (Fsp3) is 0.389. The summed E-state index contributed by atoms with van der Waals surface area (Å²) < 4.78 is 11.1. The first kappa shape index (κ1) is 17.5. The van der Waals surface area contributed by atoms with E-state index >= 15 is 0 Å². The van der Waals surface area contributed by atoms with E-state index in [1.807, 2.05) is 38.1 Å². The molecule has 0 atom stereocenters. The predicted molar refractivity (Wildman–Crippen MR) is 96.1 cm³/mol. The molecule has 0 radical (unpaired) electrons. The number of amides is 1. The summed E-state index contributed by atoms with van der Waals surface area (Å²) in [6.07, 6.45) is 0. The van der Waals surface area contributed by atoms with E-state index in [-0.39, 0.29) is 5.91 Å². The molecule has 25 heavy (non-hydrogen) atoms. The summed E-state index contributed by atoms with van der Waals surface area (Å²) in [5, 5.41) is 0.638. The summed E-state index contributed by atoms with van der Waals surface area (Å²) >= 11 is 1.36. The number of benzene rings is 1. The third-order valence-electron chi connectivity index (χ3n) is 3.74. The average molecular weight is 359 g/mol. The number of hydrogen-bond donors (Lipinski definition) is 0. The van der Waals surface area contributed by atoms with E-state index in [0.717, 1.165) is 28.5 Å². The standard InChI is InChI=1S/C18H21N3O3S/c1-12-8-13(2)20-18(19-12)25-11-17(22)21(3)10-14-4-5-15-16(9-14)24-7-6-23-15/h4-5,8-9H,6-7,10-11H2,1-3H3. The van der Waals surface area contributed by atoms with Gasteiger partial charge in [-0.3, -0.25) is 4.79 Å². The van der Waals surface area contributed by atoms with Crippen molar-refractivity contribution < 1.29 is 14.3 Å². The quantitative estimate of drug-likeness (QED) is 0.604. The van der Waals surface area contributed by atoms with Gasteiger partial charge in [-0.05, 0) is 37.6 Å². The number of nitrogens with zero attached hydrogens (tertiary/aromatic N) is 3. The number of ether oxygens (including phenoxy) is 2. The molecule has 7 heteroatoms. The third kappa shape index (κ3) is 4.63. The molecule has 0 saturated carbocycles. The summed E-state index contributed by atoms with van der Waals surface area (Å²) in [5.74, 6) is 1.83. The molecule has 0 saturated heterocycles. The Morgan fingerprint density at radius 3 is 2.52 bits per heavy atom. The normalized spacial score (nSPS) is 12.8. The molecule has 3 rings (SSSR count). The van der Waals surface area contributed by atoms with Crippen LogP contribution in [0.3, 0.4) is 0 Å². The Bertz CT molecular complexity index is 762. The van der Waals surface area contributed by atoms with Crippen LogP contribution in [0.15, 0.2) is 29.4 Å². The van der Waals surface area contributed by atoms with Crippen molar-refractivity contribution in [2.45, 2.75) is 25.5 Å². The molecule has 1 amide bonds. The van der Waals surface area contributed by atoms with Crippen LogP contribution < -0.4 is 9.47 Å². The van der Waals surface area contributed by atoms with E-state index in [2.05, 4.69) is 9.97 Å². The van der Waals surface area contributed by atoms with Crippen LogP contribution in [0.25, 0.3) is 0 Å². The van der Waals surface area contributed by atoms with Crippen molar-refractivity contribution >= 4 is 17.7 Å². The van der Waals surface area contributed by atoms with Crippen molar-refractivity contribution in [2.24, 2.45) is 0 Å². The summed E-state index contributed by atoms with van der Waals surface area (Å²) in [7, 11) is 1.79. The van der Waals surface area contributed by atoms with Gasteiger partial charge in [0.05, 0.1) is 5.75 Å². The lowest BCUT2D eigenvalue weighted by Crippen LogP contribution is -2.28. The molecular formula is C18H21N3O3S. The number of aryl methyl sites for hydroxylation is 2. The van der Waals surface area contributed by atoms with Crippen molar-refractivity contribution in [3.8, 4) is 11.5 Å². The first-order valence-corrected chi connectivity index (χ1v) is 9.07. The Labute approximate surface area is 151 Å². The van der Waals surface area contributed by atoms with Gasteiger partial charge in [0.25, 0.3) is 0 Å². The van der Waals surface area contributed by atoms with Gasteiger partial charge in [0.15, 0.2) is 16.7 Å². The fourth-order valence-corrected chi connectivity index (χ4v) is 3.43. The largest absolute Gasteiger partial charge is 0.486 e. The van der Waals surface area contributed by atoms with Crippen LogP contribution in [-0.4, -0.2) is 46.8 Å².